The molecule has 2 N–H and O–H groups in total. The molecule has 0 aliphatic carbocycles. The van der Waals surface area contributed by atoms with Gasteiger partial charge in [-0.25, -0.2) is 4.79 Å². The van der Waals surface area contributed by atoms with Crippen LogP contribution in [0.15, 0.2) is 0 Å². The normalized spacial score (nSPS) is 5.50. The molecule has 5 heteroatoms. The zero-order valence-electron chi connectivity index (χ0n) is 2.53. The van der Waals surface area contributed by atoms with Gasteiger partial charge in [-0.1, -0.05) is 0 Å². The second kappa shape index (κ2) is 4.72. The topological polar surface area (TPSA) is 66.8 Å². The van der Waals surface area contributed by atoms with Gasteiger partial charge in [0.1, 0.15) is 0 Å². The van der Waals surface area contributed by atoms with E-state index in [0.717, 1.165) is 0 Å². The van der Waals surface area contributed by atoms with Crippen LogP contribution in [0.2, 0.25) is 0 Å². The van der Waals surface area contributed by atoms with Gasteiger partial charge in [0.25, 0.3) is 0 Å². The summed E-state index contributed by atoms with van der Waals surface area (Å²) in [4.78, 5) is 11.6. The van der Waals surface area contributed by atoms with Crippen molar-refractivity contribution in [2.75, 3.05) is 0 Å². The Bertz CT molecular complexity index is 42.8. The first-order valence-electron chi connectivity index (χ1n) is 0.814. The summed E-state index contributed by atoms with van der Waals surface area (Å²) < 4.78 is 0. The number of hydrogen-bond acceptors (Lipinski definition) is 3. The van der Waals surface area contributed by atoms with Crippen molar-refractivity contribution in [1.29, 1.82) is 0 Å². The fraction of sp³-hybridized carbons (Fsp3) is 0. The Labute approximate surface area is 43.6 Å². The van der Waals surface area contributed by atoms with Gasteiger partial charge in [0, 0.05) is 16.5 Å². The zero-order valence-corrected chi connectivity index (χ0v) is 3.51. The van der Waals surface area contributed by atoms with Crippen molar-refractivity contribution in [3.05, 3.63) is 0 Å². The molecule has 0 aromatic carbocycles. The van der Waals surface area contributed by atoms with Crippen molar-refractivity contribution < 1.29 is 36.5 Å². The summed E-state index contributed by atoms with van der Waals surface area (Å²) in [6, 6.07) is 0. The third kappa shape index (κ3) is 9.30. The molecule has 0 amide bonds. The number of carbonyl (C=O) groups is 1. The van der Waals surface area contributed by atoms with Gasteiger partial charge in [-0.2, -0.15) is 5.26 Å². The van der Waals surface area contributed by atoms with Gasteiger partial charge < -0.3 is 5.11 Å². The van der Waals surface area contributed by atoms with E-state index >= 15 is 0 Å². The van der Waals surface area contributed by atoms with Crippen molar-refractivity contribution in [2.24, 2.45) is 0 Å². The van der Waals surface area contributed by atoms with Crippen LogP contribution in [0.3, 0.4) is 0 Å². The maximum Gasteiger partial charge on any atom is 0.537 e. The molecule has 0 atom stereocenters. The van der Waals surface area contributed by atoms with Crippen LogP contribution < -0.4 is 0 Å². The van der Waals surface area contributed by atoms with Crippen LogP contribution in [0.5, 0.6) is 0 Å². The average Bonchev–Trinajstić information content (AvgIpc) is 1.38. The summed E-state index contributed by atoms with van der Waals surface area (Å²) in [6.07, 6.45) is -1.69. The average molecular weight is 137 g/mol. The quantitative estimate of drug-likeness (QED) is 0.283. The predicted molar refractivity (Wildman–Crippen MR) is 11.7 cm³/mol. The van der Waals surface area contributed by atoms with E-state index in [-0.39, 0.29) is 16.5 Å². The van der Waals surface area contributed by atoms with E-state index in [2.05, 4.69) is 4.89 Å². The van der Waals surface area contributed by atoms with Gasteiger partial charge in [0.05, 0.1) is 0 Å². The van der Waals surface area contributed by atoms with E-state index in [4.69, 9.17) is 15.2 Å². The van der Waals surface area contributed by atoms with Crippen LogP contribution in [-0.4, -0.2) is 16.5 Å². The van der Waals surface area contributed by atoms with E-state index in [1.165, 1.54) is 0 Å². The van der Waals surface area contributed by atoms with Crippen LogP contribution in [0.1, 0.15) is 0 Å². The second-order valence-electron chi connectivity index (χ2n) is 0.357. The minimum Gasteiger partial charge on any atom is -0.448 e. The van der Waals surface area contributed by atoms with Crippen molar-refractivity contribution in [1.82, 2.24) is 0 Å². The van der Waals surface area contributed by atoms with Gasteiger partial charge in [-0.15, -0.1) is 0 Å². The summed E-state index contributed by atoms with van der Waals surface area (Å²) in [7, 11) is 0. The van der Waals surface area contributed by atoms with Crippen LogP contribution in [0.25, 0.3) is 0 Å². The molecular formula is CH2NiO4. The molecule has 0 rings (SSSR count). The maximum absolute atomic E-state index is 8.90. The summed E-state index contributed by atoms with van der Waals surface area (Å²) in [5.41, 5.74) is 0. The molecule has 0 fully saturated rings. The van der Waals surface area contributed by atoms with Crippen LogP contribution in [-0.2, 0) is 21.4 Å². The molecular weight excluding hydrogens is 135 g/mol. The van der Waals surface area contributed by atoms with Crippen molar-refractivity contribution in [3.63, 3.8) is 0 Å². The smallest absolute Gasteiger partial charge is 0.448 e. The standard InChI is InChI=1S/CH2O4.Ni/c2-1(3)5-4;/h4H,(H,2,3);. The molecule has 0 saturated heterocycles. The number of carboxylic acid groups (broad SMARTS) is 1. The number of rotatable bonds is 0. The molecule has 0 aliphatic heterocycles. The van der Waals surface area contributed by atoms with Crippen molar-refractivity contribution in [3.8, 4) is 0 Å². The van der Waals surface area contributed by atoms with Crippen LogP contribution >= 0.6 is 0 Å². The fourth-order valence-corrected chi connectivity index (χ4v) is 0. The molecule has 0 saturated carbocycles. The Hall–Kier alpha value is -0.276. The van der Waals surface area contributed by atoms with E-state index in [0.29, 0.717) is 0 Å². The van der Waals surface area contributed by atoms with Crippen LogP contribution in [0, 0.1) is 0 Å². The molecule has 0 aromatic rings. The second-order valence-corrected chi connectivity index (χ2v) is 0.357. The third-order valence-corrected chi connectivity index (χ3v) is 0.0781. The molecule has 40 valence electrons. The van der Waals surface area contributed by atoms with Gasteiger partial charge >= 0.3 is 6.16 Å². The first-order valence-corrected chi connectivity index (χ1v) is 0.814. The molecule has 0 spiro atoms. The first kappa shape index (κ1) is 9.21. The first-order chi connectivity index (χ1) is 2.27. The largest absolute Gasteiger partial charge is 0.537 e. The minimum atomic E-state index is -1.69. The Balaban J connectivity index is 0. The van der Waals surface area contributed by atoms with Gasteiger partial charge in [-0.3, -0.25) is 4.89 Å². The molecule has 0 bridgehead atoms. The van der Waals surface area contributed by atoms with Gasteiger partial charge in [0.15, 0.2) is 0 Å². The SMILES string of the molecule is O=C(O)OO.[Ni]. The van der Waals surface area contributed by atoms with E-state index in [1.807, 2.05) is 0 Å². The van der Waals surface area contributed by atoms with E-state index < -0.39 is 6.16 Å². The van der Waals surface area contributed by atoms with Crippen molar-refractivity contribution in [2.45, 2.75) is 0 Å². The fourth-order valence-electron chi connectivity index (χ4n) is 0. The molecule has 4 nitrogen and oxygen atoms in total. The van der Waals surface area contributed by atoms with Gasteiger partial charge in [-0.05, 0) is 0 Å². The molecule has 0 radical (unpaired) electrons. The molecule has 0 unspecified atom stereocenters. The Morgan fingerprint density at radius 2 is 1.83 bits per heavy atom. The molecule has 0 aliphatic rings. The van der Waals surface area contributed by atoms with Crippen LogP contribution in [0.4, 0.5) is 4.79 Å². The molecule has 0 heterocycles. The minimum absolute atomic E-state index is 0. The zero-order chi connectivity index (χ0) is 4.28. The number of hydrogen-bond donors (Lipinski definition) is 2. The third-order valence-electron chi connectivity index (χ3n) is 0.0781. The Kier molecular flexibility index (Phi) is 7.25. The predicted octanol–water partition coefficient (Wildman–Crippen LogP) is 0.151. The molecule has 6 heavy (non-hydrogen) atoms. The Morgan fingerprint density at radius 1 is 1.67 bits per heavy atom. The van der Waals surface area contributed by atoms with Gasteiger partial charge in [0.2, 0.25) is 0 Å². The van der Waals surface area contributed by atoms with E-state index in [1.54, 1.807) is 0 Å². The van der Waals surface area contributed by atoms with Crippen molar-refractivity contribution >= 4 is 6.16 Å². The summed E-state index contributed by atoms with van der Waals surface area (Å²) in [5, 5.41) is 14.3. The maximum atomic E-state index is 8.90. The monoisotopic (exact) mass is 136 g/mol. The van der Waals surface area contributed by atoms with E-state index in [9.17, 15) is 0 Å². The summed E-state index contributed by atoms with van der Waals surface area (Å²) in [6.45, 7) is 0. The summed E-state index contributed by atoms with van der Waals surface area (Å²) in [5.74, 6) is 0. The molecule has 0 aromatic heterocycles. The summed E-state index contributed by atoms with van der Waals surface area (Å²) >= 11 is 0. The Morgan fingerprint density at radius 3 is 1.83 bits per heavy atom.